The number of carbonyl (C=O) groups excluding carboxylic acids is 1. The largest absolute Gasteiger partial charge is 0.363 e. The summed E-state index contributed by atoms with van der Waals surface area (Å²) in [6, 6.07) is 11.5. The van der Waals surface area contributed by atoms with Gasteiger partial charge in [0.2, 0.25) is 0 Å². The summed E-state index contributed by atoms with van der Waals surface area (Å²) in [4.78, 5) is 18.3. The van der Waals surface area contributed by atoms with Crippen LogP contribution in [0.3, 0.4) is 0 Å². The zero-order valence-electron chi connectivity index (χ0n) is 12.9. The van der Waals surface area contributed by atoms with Crippen molar-refractivity contribution in [1.82, 2.24) is 4.98 Å². The molecule has 0 radical (unpaired) electrons. The molecule has 0 atom stereocenters. The minimum atomic E-state index is -0.148. The predicted molar refractivity (Wildman–Crippen MR) is 87.0 cm³/mol. The first-order valence-corrected chi connectivity index (χ1v) is 7.02. The van der Waals surface area contributed by atoms with Gasteiger partial charge in [0.05, 0.1) is 5.56 Å². The summed E-state index contributed by atoms with van der Waals surface area (Å²) in [5.74, 6) is 1.16. The van der Waals surface area contributed by atoms with E-state index in [2.05, 4.69) is 24.1 Å². The molecule has 0 fully saturated rings. The van der Waals surface area contributed by atoms with Gasteiger partial charge >= 0.3 is 0 Å². The van der Waals surface area contributed by atoms with Crippen LogP contribution in [0.1, 0.15) is 35.7 Å². The highest BCUT2D eigenvalue weighted by atomic mass is 16.1. The highest BCUT2D eigenvalue weighted by Gasteiger charge is 2.07. The summed E-state index contributed by atoms with van der Waals surface area (Å²) in [6.07, 6.45) is 1.59. The number of rotatable bonds is 4. The van der Waals surface area contributed by atoms with Gasteiger partial charge in [0.25, 0.3) is 5.91 Å². The molecule has 1 amide bonds. The molecule has 4 heteroatoms. The van der Waals surface area contributed by atoms with E-state index in [4.69, 9.17) is 0 Å². The third-order valence-corrected chi connectivity index (χ3v) is 3.30. The van der Waals surface area contributed by atoms with Crippen molar-refractivity contribution < 1.29 is 4.79 Å². The molecule has 0 saturated heterocycles. The van der Waals surface area contributed by atoms with Crippen molar-refractivity contribution >= 4 is 17.4 Å². The van der Waals surface area contributed by atoms with Crippen LogP contribution in [0, 0.1) is 0 Å². The first kappa shape index (κ1) is 15.0. The van der Waals surface area contributed by atoms with Gasteiger partial charge in [-0.2, -0.15) is 0 Å². The number of pyridine rings is 1. The van der Waals surface area contributed by atoms with Crippen LogP contribution in [0.2, 0.25) is 0 Å². The maximum Gasteiger partial charge on any atom is 0.257 e. The molecule has 110 valence electrons. The maximum absolute atomic E-state index is 12.1. The summed E-state index contributed by atoms with van der Waals surface area (Å²) in [5.41, 5.74) is 2.60. The molecular weight excluding hydrogens is 262 g/mol. The number of amides is 1. The van der Waals surface area contributed by atoms with Gasteiger partial charge in [-0.25, -0.2) is 4.98 Å². The number of carbonyl (C=O) groups is 1. The van der Waals surface area contributed by atoms with E-state index >= 15 is 0 Å². The summed E-state index contributed by atoms with van der Waals surface area (Å²) in [7, 11) is 3.83. The molecule has 0 bridgehead atoms. The molecule has 1 aromatic carbocycles. The second-order valence-corrected chi connectivity index (χ2v) is 5.53. The Morgan fingerprint density at radius 2 is 1.76 bits per heavy atom. The normalized spacial score (nSPS) is 10.5. The number of benzene rings is 1. The Hall–Kier alpha value is -2.36. The van der Waals surface area contributed by atoms with Crippen molar-refractivity contribution in [3.05, 3.63) is 53.7 Å². The molecule has 1 heterocycles. The zero-order chi connectivity index (χ0) is 15.4. The average molecular weight is 283 g/mol. The van der Waals surface area contributed by atoms with Gasteiger partial charge in [-0.3, -0.25) is 4.79 Å². The molecule has 1 aromatic heterocycles. The highest BCUT2D eigenvalue weighted by molar-refractivity contribution is 6.04. The molecule has 0 spiro atoms. The SMILES string of the molecule is CC(C)c1ccc(NC(=O)c2ccc(N(C)C)nc2)cc1. The Balaban J connectivity index is 2.06. The van der Waals surface area contributed by atoms with Crippen LogP contribution in [0.15, 0.2) is 42.6 Å². The minimum absolute atomic E-state index is 0.148. The number of nitrogens with zero attached hydrogens (tertiary/aromatic N) is 2. The Morgan fingerprint density at radius 1 is 1.10 bits per heavy atom. The van der Waals surface area contributed by atoms with Crippen LogP contribution < -0.4 is 10.2 Å². The van der Waals surface area contributed by atoms with Crippen LogP contribution in [0.25, 0.3) is 0 Å². The van der Waals surface area contributed by atoms with Gasteiger partial charge in [-0.05, 0) is 35.7 Å². The standard InChI is InChI=1S/C17H21N3O/c1-12(2)13-5-8-15(9-6-13)19-17(21)14-7-10-16(18-11-14)20(3)4/h5-12H,1-4H3,(H,19,21). The third kappa shape index (κ3) is 3.81. The quantitative estimate of drug-likeness (QED) is 0.933. The number of aromatic nitrogens is 1. The number of hydrogen-bond donors (Lipinski definition) is 1. The fourth-order valence-electron chi connectivity index (χ4n) is 1.94. The monoisotopic (exact) mass is 283 g/mol. The fraction of sp³-hybridized carbons (Fsp3) is 0.294. The van der Waals surface area contributed by atoms with Crippen molar-refractivity contribution in [3.63, 3.8) is 0 Å². The molecule has 0 aliphatic rings. The third-order valence-electron chi connectivity index (χ3n) is 3.30. The molecule has 1 N–H and O–H groups in total. The van der Waals surface area contributed by atoms with Crippen LogP contribution in [-0.4, -0.2) is 25.0 Å². The summed E-state index contributed by atoms with van der Waals surface area (Å²) >= 11 is 0. The highest BCUT2D eigenvalue weighted by Crippen LogP contribution is 2.18. The predicted octanol–water partition coefficient (Wildman–Crippen LogP) is 3.52. The second-order valence-electron chi connectivity index (χ2n) is 5.53. The van der Waals surface area contributed by atoms with Gasteiger partial charge in [-0.15, -0.1) is 0 Å². The average Bonchev–Trinajstić information content (AvgIpc) is 2.47. The van der Waals surface area contributed by atoms with Crippen LogP contribution in [-0.2, 0) is 0 Å². The molecule has 2 aromatic rings. The van der Waals surface area contributed by atoms with E-state index in [0.29, 0.717) is 11.5 Å². The second kappa shape index (κ2) is 6.39. The summed E-state index contributed by atoms with van der Waals surface area (Å²) in [6.45, 7) is 4.29. The van der Waals surface area contributed by atoms with Crippen molar-refractivity contribution in [3.8, 4) is 0 Å². The summed E-state index contributed by atoms with van der Waals surface area (Å²) in [5, 5.41) is 2.88. The molecular formula is C17H21N3O. The van der Waals surface area contributed by atoms with Gasteiger partial charge in [0, 0.05) is 26.0 Å². The lowest BCUT2D eigenvalue weighted by molar-refractivity contribution is 0.102. The number of anilines is 2. The van der Waals surface area contributed by atoms with Gasteiger partial charge in [0.15, 0.2) is 0 Å². The van der Waals surface area contributed by atoms with E-state index in [9.17, 15) is 4.79 Å². The van der Waals surface area contributed by atoms with Gasteiger partial charge < -0.3 is 10.2 Å². The lowest BCUT2D eigenvalue weighted by atomic mass is 10.0. The summed E-state index contributed by atoms with van der Waals surface area (Å²) < 4.78 is 0. The van der Waals surface area contributed by atoms with E-state index < -0.39 is 0 Å². The van der Waals surface area contributed by atoms with Crippen molar-refractivity contribution in [1.29, 1.82) is 0 Å². The molecule has 0 aliphatic heterocycles. The van der Waals surface area contributed by atoms with E-state index in [1.54, 1.807) is 12.3 Å². The first-order valence-electron chi connectivity index (χ1n) is 7.02. The Labute approximate surface area is 125 Å². The van der Waals surface area contributed by atoms with Gasteiger partial charge in [0.1, 0.15) is 5.82 Å². The van der Waals surface area contributed by atoms with Gasteiger partial charge in [-0.1, -0.05) is 26.0 Å². The zero-order valence-corrected chi connectivity index (χ0v) is 12.9. The van der Waals surface area contributed by atoms with E-state index in [0.717, 1.165) is 11.5 Å². The topological polar surface area (TPSA) is 45.2 Å². The minimum Gasteiger partial charge on any atom is -0.363 e. The van der Waals surface area contributed by atoms with E-state index in [1.165, 1.54) is 5.56 Å². The molecule has 0 unspecified atom stereocenters. The Bertz CT molecular complexity index is 601. The molecule has 2 rings (SSSR count). The Morgan fingerprint density at radius 3 is 2.24 bits per heavy atom. The number of nitrogens with one attached hydrogen (secondary N) is 1. The van der Waals surface area contributed by atoms with Crippen molar-refractivity contribution in [2.24, 2.45) is 0 Å². The fourth-order valence-corrected chi connectivity index (χ4v) is 1.94. The lowest BCUT2D eigenvalue weighted by Gasteiger charge is -2.11. The molecule has 4 nitrogen and oxygen atoms in total. The maximum atomic E-state index is 12.1. The van der Waals surface area contributed by atoms with Crippen LogP contribution in [0.5, 0.6) is 0 Å². The molecule has 0 aliphatic carbocycles. The lowest BCUT2D eigenvalue weighted by Crippen LogP contribution is -2.14. The van der Waals surface area contributed by atoms with Crippen LogP contribution >= 0.6 is 0 Å². The Kier molecular flexibility index (Phi) is 4.58. The van der Waals surface area contributed by atoms with Crippen LogP contribution in [0.4, 0.5) is 11.5 Å². The van der Waals surface area contributed by atoms with E-state index in [1.807, 2.05) is 49.3 Å². The smallest absolute Gasteiger partial charge is 0.257 e. The number of hydrogen-bond acceptors (Lipinski definition) is 3. The van der Waals surface area contributed by atoms with Crippen molar-refractivity contribution in [2.75, 3.05) is 24.3 Å². The first-order chi connectivity index (χ1) is 9.97. The van der Waals surface area contributed by atoms with Crippen molar-refractivity contribution in [2.45, 2.75) is 19.8 Å². The molecule has 0 saturated carbocycles. The molecule has 21 heavy (non-hydrogen) atoms. The van der Waals surface area contributed by atoms with E-state index in [-0.39, 0.29) is 5.91 Å².